The lowest BCUT2D eigenvalue weighted by Gasteiger charge is -2.28. The quantitative estimate of drug-likeness (QED) is 0.816. The number of fused-ring (bicyclic) bond motifs is 1. The van der Waals surface area contributed by atoms with Crippen LogP contribution in [0, 0.1) is 5.82 Å². The Kier molecular flexibility index (Phi) is 4.04. The average molecular weight is 361 g/mol. The summed E-state index contributed by atoms with van der Waals surface area (Å²) in [7, 11) is 0. The van der Waals surface area contributed by atoms with Gasteiger partial charge in [-0.05, 0) is 18.2 Å². The minimum atomic E-state index is -0.473. The standard InChI is InChI=1S/C16H14ClFN6O/c17-12-7-10(18)1-2-11(12)16(25)23-5-6-24-14(9-23)21-22-15(24)13-8-19-3-4-20-13/h1-2,7-8H,3-6,9H2. The monoisotopic (exact) mass is 360 g/mol. The van der Waals surface area contributed by atoms with Gasteiger partial charge in [-0.25, -0.2) is 4.39 Å². The zero-order chi connectivity index (χ0) is 17.4. The number of aromatic nitrogens is 3. The molecule has 2 aliphatic heterocycles. The van der Waals surface area contributed by atoms with Crippen LogP contribution in [0.25, 0.3) is 0 Å². The highest BCUT2D eigenvalue weighted by atomic mass is 35.5. The van der Waals surface area contributed by atoms with Gasteiger partial charge in [-0.15, -0.1) is 10.2 Å². The molecule has 0 aliphatic carbocycles. The van der Waals surface area contributed by atoms with E-state index < -0.39 is 5.82 Å². The number of benzene rings is 1. The van der Waals surface area contributed by atoms with Crippen LogP contribution in [0.3, 0.4) is 0 Å². The first-order valence-electron chi connectivity index (χ1n) is 7.84. The molecule has 0 spiro atoms. The lowest BCUT2D eigenvalue weighted by Crippen LogP contribution is -2.39. The fraction of sp³-hybridized carbons (Fsp3) is 0.312. The van der Waals surface area contributed by atoms with Gasteiger partial charge in [0, 0.05) is 13.1 Å². The number of amides is 1. The molecule has 0 saturated heterocycles. The van der Waals surface area contributed by atoms with Crippen LogP contribution in [-0.4, -0.2) is 57.1 Å². The van der Waals surface area contributed by atoms with Crippen LogP contribution < -0.4 is 0 Å². The summed E-state index contributed by atoms with van der Waals surface area (Å²) >= 11 is 6.00. The Balaban J connectivity index is 1.57. The van der Waals surface area contributed by atoms with Crippen LogP contribution in [0.1, 0.15) is 22.0 Å². The van der Waals surface area contributed by atoms with E-state index in [-0.39, 0.29) is 16.5 Å². The van der Waals surface area contributed by atoms with Crippen molar-refractivity contribution in [1.29, 1.82) is 0 Å². The van der Waals surface area contributed by atoms with Crippen LogP contribution in [0.2, 0.25) is 5.02 Å². The van der Waals surface area contributed by atoms with Crippen molar-refractivity contribution < 1.29 is 9.18 Å². The summed E-state index contributed by atoms with van der Waals surface area (Å²) in [6.07, 6.45) is 1.70. The van der Waals surface area contributed by atoms with E-state index >= 15 is 0 Å². The number of nitrogens with zero attached hydrogens (tertiary/aromatic N) is 6. The average Bonchev–Trinajstić information content (AvgIpc) is 3.05. The van der Waals surface area contributed by atoms with Gasteiger partial charge in [0.05, 0.1) is 36.4 Å². The van der Waals surface area contributed by atoms with E-state index in [0.717, 1.165) is 6.07 Å². The van der Waals surface area contributed by atoms with Gasteiger partial charge < -0.3 is 9.47 Å². The van der Waals surface area contributed by atoms with Gasteiger partial charge in [0.2, 0.25) is 0 Å². The molecule has 25 heavy (non-hydrogen) atoms. The molecule has 9 heteroatoms. The molecule has 1 aromatic heterocycles. The molecule has 4 rings (SSSR count). The first kappa shape index (κ1) is 15.9. The molecule has 0 unspecified atom stereocenters. The minimum absolute atomic E-state index is 0.102. The maximum absolute atomic E-state index is 13.2. The molecule has 2 aliphatic rings. The first-order valence-corrected chi connectivity index (χ1v) is 8.22. The van der Waals surface area contributed by atoms with Crippen molar-refractivity contribution in [2.75, 3.05) is 19.6 Å². The molecule has 0 N–H and O–H groups in total. The van der Waals surface area contributed by atoms with Gasteiger partial charge in [0.25, 0.3) is 5.91 Å². The molecule has 0 radical (unpaired) electrons. The molecular weight excluding hydrogens is 347 g/mol. The Bertz CT molecular complexity index is 906. The molecule has 0 fully saturated rings. The van der Waals surface area contributed by atoms with Gasteiger partial charge in [0.15, 0.2) is 11.6 Å². The van der Waals surface area contributed by atoms with Gasteiger partial charge in [0.1, 0.15) is 11.5 Å². The summed E-state index contributed by atoms with van der Waals surface area (Å²) in [5.74, 6) is 0.622. The topological polar surface area (TPSA) is 75.7 Å². The Hall–Kier alpha value is -2.61. The maximum Gasteiger partial charge on any atom is 0.255 e. The Labute approximate surface area is 147 Å². The van der Waals surface area contributed by atoms with E-state index in [9.17, 15) is 9.18 Å². The van der Waals surface area contributed by atoms with E-state index in [1.54, 1.807) is 11.1 Å². The lowest BCUT2D eigenvalue weighted by atomic mass is 10.1. The molecule has 0 atom stereocenters. The number of hydrogen-bond donors (Lipinski definition) is 0. The number of carbonyl (C=O) groups is 1. The molecule has 1 amide bonds. The third-order valence-corrected chi connectivity index (χ3v) is 4.47. The molecule has 3 heterocycles. The molecular formula is C16H14ClFN6O. The number of hydrogen-bond acceptors (Lipinski definition) is 5. The predicted molar refractivity (Wildman–Crippen MR) is 90.9 cm³/mol. The summed E-state index contributed by atoms with van der Waals surface area (Å²) in [4.78, 5) is 22.9. The van der Waals surface area contributed by atoms with Crippen LogP contribution in [0.5, 0.6) is 0 Å². The van der Waals surface area contributed by atoms with E-state index in [1.807, 2.05) is 4.57 Å². The van der Waals surface area contributed by atoms with Crippen LogP contribution in [0.15, 0.2) is 28.2 Å². The van der Waals surface area contributed by atoms with Crippen LogP contribution in [0.4, 0.5) is 4.39 Å². The third kappa shape index (κ3) is 2.93. The van der Waals surface area contributed by atoms with E-state index in [4.69, 9.17) is 11.6 Å². The van der Waals surface area contributed by atoms with Crippen molar-refractivity contribution >= 4 is 29.4 Å². The van der Waals surface area contributed by atoms with Gasteiger partial charge in [-0.3, -0.25) is 14.8 Å². The fourth-order valence-corrected chi connectivity index (χ4v) is 3.15. The first-order chi connectivity index (χ1) is 12.1. The largest absolute Gasteiger partial charge is 0.329 e. The van der Waals surface area contributed by atoms with Crippen LogP contribution in [-0.2, 0) is 13.1 Å². The number of rotatable bonds is 2. The summed E-state index contributed by atoms with van der Waals surface area (Å²) in [5, 5.41) is 8.48. The van der Waals surface area contributed by atoms with E-state index in [0.29, 0.717) is 50.1 Å². The van der Waals surface area contributed by atoms with Gasteiger partial charge >= 0.3 is 0 Å². The lowest BCUT2D eigenvalue weighted by molar-refractivity contribution is 0.0707. The summed E-state index contributed by atoms with van der Waals surface area (Å²) in [6, 6.07) is 3.77. The SMILES string of the molecule is O=C(c1ccc(F)cc1Cl)N1CCn2c(nnc2C2=NCCN=C2)C1. The second kappa shape index (κ2) is 6.36. The second-order valence-electron chi connectivity index (χ2n) is 5.74. The van der Waals surface area contributed by atoms with Crippen molar-refractivity contribution in [3.05, 3.63) is 46.3 Å². The van der Waals surface area contributed by atoms with E-state index in [1.165, 1.54) is 12.1 Å². The normalized spacial score (nSPS) is 16.6. The van der Waals surface area contributed by atoms with Crippen molar-refractivity contribution in [2.24, 2.45) is 9.98 Å². The molecule has 2 aromatic rings. The Morgan fingerprint density at radius 1 is 1.20 bits per heavy atom. The third-order valence-electron chi connectivity index (χ3n) is 4.16. The summed E-state index contributed by atoms with van der Waals surface area (Å²) < 4.78 is 15.1. The second-order valence-corrected chi connectivity index (χ2v) is 6.15. The van der Waals surface area contributed by atoms with Crippen LogP contribution >= 0.6 is 11.6 Å². The number of halogens is 2. The highest BCUT2D eigenvalue weighted by molar-refractivity contribution is 6.37. The zero-order valence-corrected chi connectivity index (χ0v) is 13.9. The van der Waals surface area contributed by atoms with Crippen molar-refractivity contribution in [3.63, 3.8) is 0 Å². The molecule has 0 saturated carbocycles. The Morgan fingerprint density at radius 3 is 2.84 bits per heavy atom. The molecule has 1 aromatic carbocycles. The highest BCUT2D eigenvalue weighted by Gasteiger charge is 2.27. The zero-order valence-electron chi connectivity index (χ0n) is 13.2. The fourth-order valence-electron chi connectivity index (χ4n) is 2.90. The summed E-state index contributed by atoms with van der Waals surface area (Å²) in [6.45, 7) is 2.67. The molecule has 0 bridgehead atoms. The van der Waals surface area contributed by atoms with E-state index in [2.05, 4.69) is 20.2 Å². The van der Waals surface area contributed by atoms with Crippen molar-refractivity contribution in [1.82, 2.24) is 19.7 Å². The predicted octanol–water partition coefficient (Wildman–Crippen LogP) is 1.60. The highest BCUT2D eigenvalue weighted by Crippen LogP contribution is 2.22. The molecule has 7 nitrogen and oxygen atoms in total. The summed E-state index contributed by atoms with van der Waals surface area (Å²) in [5.41, 5.74) is 0.992. The van der Waals surface area contributed by atoms with Crippen molar-refractivity contribution in [3.8, 4) is 0 Å². The minimum Gasteiger partial charge on any atom is -0.329 e. The number of aliphatic imine (C=N–C) groups is 2. The van der Waals surface area contributed by atoms with Gasteiger partial charge in [-0.2, -0.15) is 0 Å². The smallest absolute Gasteiger partial charge is 0.255 e. The Morgan fingerprint density at radius 2 is 2.08 bits per heavy atom. The number of carbonyl (C=O) groups excluding carboxylic acids is 1. The van der Waals surface area contributed by atoms with Crippen molar-refractivity contribution in [2.45, 2.75) is 13.1 Å². The molecule has 128 valence electrons. The van der Waals surface area contributed by atoms with Gasteiger partial charge in [-0.1, -0.05) is 11.6 Å². The maximum atomic E-state index is 13.2.